The minimum absolute atomic E-state index is 0.290. The summed E-state index contributed by atoms with van der Waals surface area (Å²) in [4.78, 5) is 12.1. The summed E-state index contributed by atoms with van der Waals surface area (Å²) in [6.45, 7) is 19.5. The van der Waals surface area contributed by atoms with E-state index in [2.05, 4.69) is 53.0 Å². The lowest BCUT2D eigenvalue weighted by molar-refractivity contribution is 0.00695. The van der Waals surface area contributed by atoms with Crippen LogP contribution in [-0.2, 0) is 4.74 Å². The van der Waals surface area contributed by atoms with Gasteiger partial charge in [-0.05, 0) is 61.7 Å². The first-order chi connectivity index (χ1) is 11.4. The van der Waals surface area contributed by atoms with Crippen molar-refractivity contribution in [2.45, 2.75) is 84.5 Å². The van der Waals surface area contributed by atoms with Crippen molar-refractivity contribution in [3.05, 3.63) is 35.4 Å². The number of esters is 1. The molecular formula is C22H34O2Si. The van der Waals surface area contributed by atoms with Gasteiger partial charge in [-0.3, -0.25) is 0 Å². The topological polar surface area (TPSA) is 26.3 Å². The summed E-state index contributed by atoms with van der Waals surface area (Å²) in [5, 5.41) is 0. The zero-order valence-corrected chi connectivity index (χ0v) is 18.4. The molecule has 0 heterocycles. The minimum atomic E-state index is -1.73. The van der Waals surface area contributed by atoms with E-state index in [4.69, 9.17) is 4.74 Å². The molecule has 0 aliphatic heterocycles. The molecule has 1 rings (SSSR count). The fourth-order valence-corrected chi connectivity index (χ4v) is 8.87. The summed E-state index contributed by atoms with van der Waals surface area (Å²) in [5.41, 5.74) is 6.60. The van der Waals surface area contributed by atoms with Gasteiger partial charge in [0.2, 0.25) is 0 Å². The number of hydrogen-bond acceptors (Lipinski definition) is 2. The van der Waals surface area contributed by atoms with Crippen molar-refractivity contribution < 1.29 is 9.53 Å². The van der Waals surface area contributed by atoms with Crippen LogP contribution in [0.15, 0.2) is 24.3 Å². The summed E-state index contributed by atoms with van der Waals surface area (Å²) in [6.07, 6.45) is 0. The molecule has 0 amide bonds. The van der Waals surface area contributed by atoms with Crippen LogP contribution in [0.2, 0.25) is 16.6 Å². The van der Waals surface area contributed by atoms with Gasteiger partial charge in [0, 0.05) is 5.56 Å². The van der Waals surface area contributed by atoms with Crippen molar-refractivity contribution in [2.24, 2.45) is 0 Å². The van der Waals surface area contributed by atoms with Crippen LogP contribution in [0.25, 0.3) is 0 Å². The highest BCUT2D eigenvalue weighted by molar-refractivity contribution is 6.90. The second-order valence-electron chi connectivity index (χ2n) is 8.73. The average Bonchev–Trinajstić information content (AvgIpc) is 2.45. The Balaban J connectivity index is 3.09. The number of hydrogen-bond donors (Lipinski definition) is 0. The van der Waals surface area contributed by atoms with Crippen LogP contribution in [0.3, 0.4) is 0 Å². The quantitative estimate of drug-likeness (QED) is 0.363. The van der Waals surface area contributed by atoms with E-state index >= 15 is 0 Å². The lowest BCUT2D eigenvalue weighted by Crippen LogP contribution is -2.43. The maximum Gasteiger partial charge on any atom is 0.338 e. The van der Waals surface area contributed by atoms with E-state index in [1.54, 1.807) is 12.1 Å². The third-order valence-electron chi connectivity index (χ3n) is 4.81. The van der Waals surface area contributed by atoms with Gasteiger partial charge in [-0.2, -0.15) is 0 Å². The van der Waals surface area contributed by atoms with Crippen molar-refractivity contribution in [3.8, 4) is 11.5 Å². The Hall–Kier alpha value is -1.53. The van der Waals surface area contributed by atoms with Crippen LogP contribution in [0.5, 0.6) is 0 Å². The third-order valence-corrected chi connectivity index (χ3v) is 11.1. The molecule has 0 aromatic heterocycles. The Kier molecular flexibility index (Phi) is 7.08. The Morgan fingerprint density at radius 1 is 0.920 bits per heavy atom. The molecule has 0 N–H and O–H groups in total. The zero-order chi connectivity index (χ0) is 19.4. The van der Waals surface area contributed by atoms with Crippen LogP contribution >= 0.6 is 0 Å². The number of benzene rings is 1. The Morgan fingerprint density at radius 2 is 1.36 bits per heavy atom. The maximum absolute atomic E-state index is 12.1. The lowest BCUT2D eigenvalue weighted by atomic mass is 10.1. The van der Waals surface area contributed by atoms with Gasteiger partial charge in [0.25, 0.3) is 0 Å². The van der Waals surface area contributed by atoms with E-state index in [0.29, 0.717) is 22.2 Å². The van der Waals surface area contributed by atoms with Crippen molar-refractivity contribution >= 4 is 14.0 Å². The van der Waals surface area contributed by atoms with E-state index in [9.17, 15) is 4.79 Å². The first kappa shape index (κ1) is 21.5. The summed E-state index contributed by atoms with van der Waals surface area (Å²) in [5.74, 6) is 3.11. The molecule has 0 aliphatic carbocycles. The van der Waals surface area contributed by atoms with Crippen LogP contribution in [0, 0.1) is 11.5 Å². The second-order valence-corrected chi connectivity index (χ2v) is 14.3. The summed E-state index contributed by atoms with van der Waals surface area (Å²) < 4.78 is 5.40. The van der Waals surface area contributed by atoms with Gasteiger partial charge in [0.1, 0.15) is 13.7 Å². The molecular weight excluding hydrogens is 324 g/mol. The van der Waals surface area contributed by atoms with Crippen molar-refractivity contribution in [3.63, 3.8) is 0 Å². The van der Waals surface area contributed by atoms with Crippen LogP contribution in [-0.4, -0.2) is 19.6 Å². The van der Waals surface area contributed by atoms with Crippen molar-refractivity contribution in [1.29, 1.82) is 0 Å². The van der Waals surface area contributed by atoms with Crippen molar-refractivity contribution in [1.82, 2.24) is 0 Å². The Morgan fingerprint density at radius 3 is 1.72 bits per heavy atom. The fourth-order valence-electron chi connectivity index (χ4n) is 3.64. The van der Waals surface area contributed by atoms with Gasteiger partial charge in [0.05, 0.1) is 5.56 Å². The lowest BCUT2D eigenvalue weighted by Gasteiger charge is -2.38. The fraction of sp³-hybridized carbons (Fsp3) is 0.591. The van der Waals surface area contributed by atoms with Crippen LogP contribution < -0.4 is 0 Å². The molecule has 138 valence electrons. The predicted octanol–water partition coefficient (Wildman–Crippen LogP) is 6.21. The van der Waals surface area contributed by atoms with E-state index < -0.39 is 13.7 Å². The zero-order valence-electron chi connectivity index (χ0n) is 17.4. The van der Waals surface area contributed by atoms with Gasteiger partial charge in [-0.1, -0.05) is 47.5 Å². The first-order valence-corrected chi connectivity index (χ1v) is 11.5. The summed E-state index contributed by atoms with van der Waals surface area (Å²) >= 11 is 0. The molecule has 25 heavy (non-hydrogen) atoms. The minimum Gasteiger partial charge on any atom is -0.456 e. The number of ether oxygens (including phenoxy) is 1. The molecule has 0 saturated heterocycles. The van der Waals surface area contributed by atoms with Gasteiger partial charge in [-0.15, -0.1) is 5.54 Å². The molecule has 0 spiro atoms. The molecule has 1 aromatic rings. The molecule has 0 unspecified atom stereocenters. The van der Waals surface area contributed by atoms with Gasteiger partial charge < -0.3 is 4.74 Å². The standard InChI is InChI=1S/C22H34O2Si/c1-16(2)25(17(3)4,18(5)6)15-14-19-10-12-20(13-11-19)21(23)24-22(7,8)9/h10-13,16-18H,1-9H3. The van der Waals surface area contributed by atoms with Crippen LogP contribution in [0.1, 0.15) is 78.2 Å². The van der Waals surface area contributed by atoms with E-state index in [1.165, 1.54) is 0 Å². The monoisotopic (exact) mass is 358 g/mol. The third kappa shape index (κ3) is 5.47. The maximum atomic E-state index is 12.1. The number of carbonyl (C=O) groups is 1. The van der Waals surface area contributed by atoms with Gasteiger partial charge in [-0.25, -0.2) is 4.79 Å². The van der Waals surface area contributed by atoms with E-state index in [1.807, 2.05) is 32.9 Å². The molecule has 0 saturated carbocycles. The largest absolute Gasteiger partial charge is 0.456 e. The Labute approximate surface area is 155 Å². The highest BCUT2D eigenvalue weighted by Crippen LogP contribution is 2.40. The predicted molar refractivity (Wildman–Crippen MR) is 110 cm³/mol. The first-order valence-electron chi connectivity index (χ1n) is 9.26. The molecule has 0 atom stereocenters. The summed E-state index contributed by atoms with van der Waals surface area (Å²) in [7, 11) is -1.73. The average molecular weight is 359 g/mol. The molecule has 3 heteroatoms. The van der Waals surface area contributed by atoms with Crippen molar-refractivity contribution in [2.75, 3.05) is 0 Å². The molecule has 0 radical (unpaired) electrons. The summed E-state index contributed by atoms with van der Waals surface area (Å²) in [6, 6.07) is 7.46. The van der Waals surface area contributed by atoms with Gasteiger partial charge >= 0.3 is 5.97 Å². The number of rotatable bonds is 4. The molecule has 0 fully saturated rings. The van der Waals surface area contributed by atoms with Crippen LogP contribution in [0.4, 0.5) is 0 Å². The normalized spacial score (nSPS) is 12.3. The highest BCUT2D eigenvalue weighted by atomic mass is 28.3. The SMILES string of the molecule is CC(C)[Si](C#Cc1ccc(C(=O)OC(C)(C)C)cc1)(C(C)C)C(C)C. The van der Waals surface area contributed by atoms with Gasteiger partial charge in [0.15, 0.2) is 0 Å². The molecule has 2 nitrogen and oxygen atoms in total. The highest BCUT2D eigenvalue weighted by Gasteiger charge is 2.41. The van der Waals surface area contributed by atoms with E-state index in [0.717, 1.165) is 5.56 Å². The number of carbonyl (C=O) groups excluding carboxylic acids is 1. The second kappa shape index (κ2) is 8.23. The van der Waals surface area contributed by atoms with E-state index in [-0.39, 0.29) is 5.97 Å². The molecule has 0 bridgehead atoms. The molecule has 1 aromatic carbocycles. The Bertz CT molecular complexity index is 616. The molecule has 0 aliphatic rings. The smallest absolute Gasteiger partial charge is 0.338 e.